The molecule has 1 N–H and O–H groups in total. The number of nitriles is 1. The summed E-state index contributed by atoms with van der Waals surface area (Å²) in [5.41, 5.74) is 6.89. The van der Waals surface area contributed by atoms with Gasteiger partial charge in [0.05, 0.1) is 17.1 Å². The summed E-state index contributed by atoms with van der Waals surface area (Å²) in [6, 6.07) is 17.1. The number of nitrogens with zero attached hydrogens (tertiary/aromatic N) is 2. The third-order valence-electron chi connectivity index (χ3n) is 4.82. The molecule has 0 saturated carbocycles. The largest absolute Gasteiger partial charge is 0.343 e. The molecule has 0 spiro atoms. The van der Waals surface area contributed by atoms with Crippen LogP contribution >= 0.6 is 0 Å². The third kappa shape index (κ3) is 2.23. The minimum Gasteiger partial charge on any atom is -0.343 e. The van der Waals surface area contributed by atoms with Gasteiger partial charge in [0.15, 0.2) is 0 Å². The van der Waals surface area contributed by atoms with Crippen LogP contribution in [-0.2, 0) is 13.0 Å². The van der Waals surface area contributed by atoms with Gasteiger partial charge >= 0.3 is 0 Å². The van der Waals surface area contributed by atoms with Crippen molar-refractivity contribution in [3.63, 3.8) is 0 Å². The minimum absolute atomic E-state index is 0.754. The number of benzene rings is 2. The molecule has 1 aliphatic heterocycles. The Balaban J connectivity index is 2.02. The first-order valence-electron chi connectivity index (χ1n) is 8.11. The minimum atomic E-state index is 0.754. The van der Waals surface area contributed by atoms with Crippen LogP contribution in [0, 0.1) is 18.3 Å². The van der Waals surface area contributed by atoms with Crippen LogP contribution in [0.2, 0.25) is 0 Å². The fourth-order valence-electron chi connectivity index (χ4n) is 3.64. The monoisotopic (exact) mass is 301 g/mol. The maximum absolute atomic E-state index is 9.33. The van der Waals surface area contributed by atoms with E-state index < -0.39 is 0 Å². The molecular formula is C20H19N3. The van der Waals surface area contributed by atoms with Crippen molar-refractivity contribution in [2.45, 2.75) is 19.9 Å². The molecule has 3 nitrogen and oxygen atoms in total. The van der Waals surface area contributed by atoms with Gasteiger partial charge in [-0.1, -0.05) is 30.3 Å². The van der Waals surface area contributed by atoms with E-state index in [1.54, 1.807) is 0 Å². The van der Waals surface area contributed by atoms with Crippen molar-refractivity contribution in [2.75, 3.05) is 13.1 Å². The van der Waals surface area contributed by atoms with Crippen molar-refractivity contribution >= 4 is 10.9 Å². The van der Waals surface area contributed by atoms with E-state index in [0.717, 1.165) is 42.7 Å². The van der Waals surface area contributed by atoms with Crippen LogP contribution in [0.15, 0.2) is 42.5 Å². The maximum atomic E-state index is 9.33. The summed E-state index contributed by atoms with van der Waals surface area (Å²) in [6.07, 6.45) is 1.06. The molecule has 114 valence electrons. The van der Waals surface area contributed by atoms with Crippen LogP contribution in [0.25, 0.3) is 22.0 Å². The van der Waals surface area contributed by atoms with E-state index in [2.05, 4.69) is 46.3 Å². The van der Waals surface area contributed by atoms with Gasteiger partial charge in [-0.25, -0.2) is 0 Å². The van der Waals surface area contributed by atoms with Crippen LogP contribution in [0.3, 0.4) is 0 Å². The Morgan fingerprint density at radius 3 is 2.78 bits per heavy atom. The average molecular weight is 301 g/mol. The van der Waals surface area contributed by atoms with Gasteiger partial charge in [0.25, 0.3) is 0 Å². The summed E-state index contributed by atoms with van der Waals surface area (Å²) in [4.78, 5) is 0. The fraction of sp³-hybridized carbons (Fsp3) is 0.250. The SMILES string of the molecule is Cc1c(C#N)cccc1-c1cccc2cc3n(c12)CCNCC3. The lowest BCUT2D eigenvalue weighted by molar-refractivity contribution is 0.658. The molecule has 3 aromatic rings. The van der Waals surface area contributed by atoms with E-state index in [-0.39, 0.29) is 0 Å². The van der Waals surface area contributed by atoms with Gasteiger partial charge in [-0.05, 0) is 30.2 Å². The Labute approximate surface area is 136 Å². The molecule has 0 saturated heterocycles. The lowest BCUT2D eigenvalue weighted by Crippen LogP contribution is -2.17. The summed E-state index contributed by atoms with van der Waals surface area (Å²) < 4.78 is 2.45. The molecule has 0 atom stereocenters. The first kappa shape index (κ1) is 14.0. The predicted octanol–water partition coefficient (Wildman–Crippen LogP) is 3.63. The van der Waals surface area contributed by atoms with Gasteiger partial charge in [0, 0.05) is 42.7 Å². The highest BCUT2D eigenvalue weighted by Gasteiger charge is 2.16. The number of rotatable bonds is 1. The number of para-hydroxylation sites is 1. The van der Waals surface area contributed by atoms with Crippen molar-refractivity contribution in [1.29, 1.82) is 5.26 Å². The molecule has 2 heterocycles. The molecule has 1 aromatic heterocycles. The lowest BCUT2D eigenvalue weighted by Gasteiger charge is -2.13. The third-order valence-corrected chi connectivity index (χ3v) is 4.82. The summed E-state index contributed by atoms with van der Waals surface area (Å²) in [7, 11) is 0. The van der Waals surface area contributed by atoms with Gasteiger partial charge in [0.1, 0.15) is 0 Å². The standard InChI is InChI=1S/C20H19N3/c1-14-16(13-21)5-3-6-18(14)19-7-2-4-15-12-17-8-9-22-10-11-23(17)20(15)19/h2-7,12,22H,8-11H2,1H3. The van der Waals surface area contributed by atoms with E-state index in [0.29, 0.717) is 0 Å². The predicted molar refractivity (Wildman–Crippen MR) is 93.4 cm³/mol. The van der Waals surface area contributed by atoms with E-state index >= 15 is 0 Å². The zero-order valence-corrected chi connectivity index (χ0v) is 13.3. The van der Waals surface area contributed by atoms with Crippen molar-refractivity contribution in [3.8, 4) is 17.2 Å². The van der Waals surface area contributed by atoms with Crippen molar-refractivity contribution in [1.82, 2.24) is 9.88 Å². The molecule has 0 radical (unpaired) electrons. The Hall–Kier alpha value is -2.57. The number of hydrogen-bond acceptors (Lipinski definition) is 2. The molecule has 0 fully saturated rings. The maximum Gasteiger partial charge on any atom is 0.0994 e. The van der Waals surface area contributed by atoms with Crippen LogP contribution in [0.4, 0.5) is 0 Å². The molecule has 0 bridgehead atoms. The van der Waals surface area contributed by atoms with Gasteiger partial charge < -0.3 is 9.88 Å². The molecule has 4 rings (SSSR count). The average Bonchev–Trinajstić information content (AvgIpc) is 2.77. The first-order valence-corrected chi connectivity index (χ1v) is 8.11. The molecule has 0 unspecified atom stereocenters. The Bertz CT molecular complexity index is 928. The number of hydrogen-bond donors (Lipinski definition) is 1. The highest BCUT2D eigenvalue weighted by Crippen LogP contribution is 2.34. The van der Waals surface area contributed by atoms with Crippen molar-refractivity contribution in [2.24, 2.45) is 0 Å². The summed E-state index contributed by atoms with van der Waals surface area (Å²) >= 11 is 0. The molecule has 2 aromatic carbocycles. The lowest BCUT2D eigenvalue weighted by atomic mass is 9.95. The van der Waals surface area contributed by atoms with E-state index in [1.165, 1.54) is 22.2 Å². The normalized spacial score (nSPS) is 14.3. The molecule has 0 aliphatic carbocycles. The fourth-order valence-corrected chi connectivity index (χ4v) is 3.64. The van der Waals surface area contributed by atoms with Crippen LogP contribution in [0.1, 0.15) is 16.8 Å². The van der Waals surface area contributed by atoms with Crippen molar-refractivity contribution < 1.29 is 0 Å². The van der Waals surface area contributed by atoms with E-state index in [4.69, 9.17) is 0 Å². The highest BCUT2D eigenvalue weighted by atomic mass is 15.0. The van der Waals surface area contributed by atoms with Crippen LogP contribution in [0.5, 0.6) is 0 Å². The zero-order valence-electron chi connectivity index (χ0n) is 13.3. The Morgan fingerprint density at radius 1 is 1.09 bits per heavy atom. The quantitative estimate of drug-likeness (QED) is 0.745. The summed E-state index contributed by atoms with van der Waals surface area (Å²) in [5, 5.41) is 14.1. The van der Waals surface area contributed by atoms with Crippen molar-refractivity contribution in [3.05, 3.63) is 59.3 Å². The van der Waals surface area contributed by atoms with E-state index in [9.17, 15) is 5.26 Å². The van der Waals surface area contributed by atoms with Gasteiger partial charge in [-0.2, -0.15) is 5.26 Å². The Kier molecular flexibility index (Phi) is 3.40. The summed E-state index contributed by atoms with van der Waals surface area (Å²) in [5.74, 6) is 0. The van der Waals surface area contributed by atoms with Gasteiger partial charge in [-0.15, -0.1) is 0 Å². The summed E-state index contributed by atoms with van der Waals surface area (Å²) in [6.45, 7) is 5.07. The second kappa shape index (κ2) is 5.57. The molecule has 0 amide bonds. The molecule has 1 aliphatic rings. The van der Waals surface area contributed by atoms with Gasteiger partial charge in [-0.3, -0.25) is 0 Å². The second-order valence-corrected chi connectivity index (χ2v) is 6.12. The highest BCUT2D eigenvalue weighted by molar-refractivity contribution is 5.96. The number of fused-ring (bicyclic) bond motifs is 3. The van der Waals surface area contributed by atoms with Crippen LogP contribution in [-0.4, -0.2) is 17.7 Å². The smallest absolute Gasteiger partial charge is 0.0994 e. The molecule has 3 heteroatoms. The van der Waals surface area contributed by atoms with E-state index in [1.807, 2.05) is 19.1 Å². The second-order valence-electron chi connectivity index (χ2n) is 6.12. The van der Waals surface area contributed by atoms with Crippen LogP contribution < -0.4 is 5.32 Å². The zero-order chi connectivity index (χ0) is 15.8. The van der Waals surface area contributed by atoms with Gasteiger partial charge in [0.2, 0.25) is 0 Å². The topological polar surface area (TPSA) is 40.8 Å². The molecular weight excluding hydrogens is 282 g/mol. The first-order chi connectivity index (χ1) is 11.3. The number of nitrogens with one attached hydrogen (secondary N) is 1. The Morgan fingerprint density at radius 2 is 1.91 bits per heavy atom. The molecule has 23 heavy (non-hydrogen) atoms. The number of aromatic nitrogens is 1.